The van der Waals surface area contributed by atoms with Gasteiger partial charge in [0.05, 0.1) is 19.8 Å². The zero-order valence-corrected chi connectivity index (χ0v) is 20.2. The van der Waals surface area contributed by atoms with Crippen LogP contribution in [0.25, 0.3) is 0 Å². The van der Waals surface area contributed by atoms with Gasteiger partial charge in [0.1, 0.15) is 11.6 Å². The fourth-order valence-electron chi connectivity index (χ4n) is 2.90. The molecule has 6 nitrogen and oxygen atoms in total. The second kappa shape index (κ2) is 12.5. The van der Waals surface area contributed by atoms with Gasteiger partial charge in [-0.2, -0.15) is 0 Å². The molecular formula is C21H29F2IN4O2. The predicted molar refractivity (Wildman–Crippen MR) is 127 cm³/mol. The molecule has 166 valence electrons. The predicted octanol–water partition coefficient (Wildman–Crippen LogP) is 4.28. The van der Waals surface area contributed by atoms with Gasteiger partial charge in [0.2, 0.25) is 0 Å². The molecule has 2 aromatic carbocycles. The highest BCUT2D eigenvalue weighted by Crippen LogP contribution is 2.30. The van der Waals surface area contributed by atoms with E-state index in [1.54, 1.807) is 45.3 Å². The number of hydrogen-bond acceptors (Lipinski definition) is 4. The van der Waals surface area contributed by atoms with Gasteiger partial charge in [-0.25, -0.2) is 8.78 Å². The molecule has 2 rings (SSSR count). The van der Waals surface area contributed by atoms with E-state index in [9.17, 15) is 8.78 Å². The van der Waals surface area contributed by atoms with Gasteiger partial charge in [-0.1, -0.05) is 6.07 Å². The summed E-state index contributed by atoms with van der Waals surface area (Å²) in [5, 5.41) is 6.28. The van der Waals surface area contributed by atoms with E-state index in [1.165, 1.54) is 18.2 Å². The summed E-state index contributed by atoms with van der Waals surface area (Å²) in [6, 6.07) is 8.77. The lowest BCUT2D eigenvalue weighted by Gasteiger charge is -2.26. The molecule has 30 heavy (non-hydrogen) atoms. The summed E-state index contributed by atoms with van der Waals surface area (Å²) in [6.45, 7) is 2.65. The van der Waals surface area contributed by atoms with E-state index < -0.39 is 17.7 Å². The fourth-order valence-corrected chi connectivity index (χ4v) is 2.90. The van der Waals surface area contributed by atoms with Crippen molar-refractivity contribution in [2.75, 3.05) is 46.7 Å². The number of ether oxygens (including phenoxy) is 2. The molecule has 2 N–H and O–H groups in total. The molecule has 0 spiro atoms. The zero-order valence-electron chi connectivity index (χ0n) is 17.8. The zero-order chi connectivity index (χ0) is 21.4. The van der Waals surface area contributed by atoms with Crippen molar-refractivity contribution in [1.29, 1.82) is 0 Å². The standard InChI is InChI=1S/C21H28F2N4O2.HI/c1-6-29-19-12-14(10-11-18(19)28-5)26-21(24-2)25-13-17(27(3)4)20-15(22)8-7-9-16(20)23;/h7-12,17H,6,13H2,1-5H3,(H2,24,25,26);1H. The number of benzene rings is 2. The Morgan fingerprint density at radius 2 is 1.80 bits per heavy atom. The van der Waals surface area contributed by atoms with Gasteiger partial charge in [-0.3, -0.25) is 4.99 Å². The maximum Gasteiger partial charge on any atom is 0.195 e. The second-order valence-corrected chi connectivity index (χ2v) is 6.49. The van der Waals surface area contributed by atoms with E-state index in [0.717, 1.165) is 5.69 Å². The second-order valence-electron chi connectivity index (χ2n) is 6.49. The van der Waals surface area contributed by atoms with Crippen LogP contribution < -0.4 is 20.1 Å². The van der Waals surface area contributed by atoms with Crippen molar-refractivity contribution in [1.82, 2.24) is 10.2 Å². The maximum absolute atomic E-state index is 14.2. The number of aliphatic imine (C=N–C) groups is 1. The number of halogens is 3. The van der Waals surface area contributed by atoms with Crippen molar-refractivity contribution in [2.45, 2.75) is 13.0 Å². The van der Waals surface area contributed by atoms with Crippen LogP contribution in [-0.4, -0.2) is 52.3 Å². The fraction of sp³-hybridized carbons (Fsp3) is 0.381. The van der Waals surface area contributed by atoms with Gasteiger partial charge in [-0.15, -0.1) is 24.0 Å². The molecule has 0 aliphatic rings. The average molecular weight is 534 g/mol. The Kier molecular flexibility index (Phi) is 10.8. The first-order valence-electron chi connectivity index (χ1n) is 9.30. The molecule has 0 amide bonds. The number of nitrogens with one attached hydrogen (secondary N) is 2. The van der Waals surface area contributed by atoms with E-state index in [4.69, 9.17) is 9.47 Å². The van der Waals surface area contributed by atoms with Crippen LogP contribution in [0.2, 0.25) is 0 Å². The van der Waals surface area contributed by atoms with Crippen molar-refractivity contribution >= 4 is 35.6 Å². The number of nitrogens with zero attached hydrogens (tertiary/aromatic N) is 2. The van der Waals surface area contributed by atoms with Crippen LogP contribution in [0, 0.1) is 11.6 Å². The van der Waals surface area contributed by atoms with Crippen molar-refractivity contribution in [3.8, 4) is 11.5 Å². The van der Waals surface area contributed by atoms with Crippen LogP contribution in [-0.2, 0) is 0 Å². The summed E-state index contributed by atoms with van der Waals surface area (Å²) in [4.78, 5) is 5.94. The summed E-state index contributed by atoms with van der Waals surface area (Å²) in [6.07, 6.45) is 0. The third-order valence-electron chi connectivity index (χ3n) is 4.37. The van der Waals surface area contributed by atoms with E-state index >= 15 is 0 Å². The Morgan fingerprint density at radius 3 is 2.33 bits per heavy atom. The summed E-state index contributed by atoms with van der Waals surface area (Å²) in [5.74, 6) is 0.536. The van der Waals surface area contributed by atoms with Gasteiger partial charge in [-0.05, 0) is 45.3 Å². The van der Waals surface area contributed by atoms with Crippen LogP contribution >= 0.6 is 24.0 Å². The monoisotopic (exact) mass is 534 g/mol. The molecule has 0 aromatic heterocycles. The van der Waals surface area contributed by atoms with Crippen molar-refractivity contribution in [2.24, 2.45) is 4.99 Å². The Hall–Kier alpha value is -2.14. The minimum absolute atomic E-state index is 0. The molecule has 2 aromatic rings. The van der Waals surface area contributed by atoms with Crippen LogP contribution in [0.4, 0.5) is 14.5 Å². The molecule has 0 fully saturated rings. The number of anilines is 1. The lowest BCUT2D eigenvalue weighted by atomic mass is 10.0. The third-order valence-corrected chi connectivity index (χ3v) is 4.37. The SMILES string of the molecule is CCOc1cc(NC(=NC)NCC(c2c(F)cccc2F)N(C)C)ccc1OC.I. The van der Waals surface area contributed by atoms with Crippen LogP contribution in [0.5, 0.6) is 11.5 Å². The van der Waals surface area contributed by atoms with Gasteiger partial charge >= 0.3 is 0 Å². The Morgan fingerprint density at radius 1 is 1.13 bits per heavy atom. The van der Waals surface area contributed by atoms with Gasteiger partial charge in [0, 0.05) is 30.9 Å². The van der Waals surface area contributed by atoms with Crippen molar-refractivity contribution in [3.63, 3.8) is 0 Å². The largest absolute Gasteiger partial charge is 0.493 e. The van der Waals surface area contributed by atoms with Crippen molar-refractivity contribution < 1.29 is 18.3 Å². The van der Waals surface area contributed by atoms with Gasteiger partial charge < -0.3 is 25.0 Å². The lowest BCUT2D eigenvalue weighted by molar-refractivity contribution is 0.283. The molecule has 0 saturated heterocycles. The van der Waals surface area contributed by atoms with E-state index in [0.29, 0.717) is 24.1 Å². The summed E-state index contributed by atoms with van der Waals surface area (Å²) in [5.41, 5.74) is 0.754. The maximum atomic E-state index is 14.2. The normalized spacial score (nSPS) is 12.2. The smallest absolute Gasteiger partial charge is 0.195 e. The third kappa shape index (κ3) is 6.69. The number of guanidine groups is 1. The molecule has 0 heterocycles. The van der Waals surface area contributed by atoms with E-state index in [1.807, 2.05) is 13.0 Å². The highest BCUT2D eigenvalue weighted by atomic mass is 127. The first-order chi connectivity index (χ1) is 13.9. The minimum Gasteiger partial charge on any atom is -0.493 e. The Labute approximate surface area is 193 Å². The molecule has 1 atom stereocenters. The molecule has 1 unspecified atom stereocenters. The lowest BCUT2D eigenvalue weighted by Crippen LogP contribution is -2.38. The topological polar surface area (TPSA) is 58.1 Å². The quantitative estimate of drug-likeness (QED) is 0.301. The number of rotatable bonds is 8. The van der Waals surface area contributed by atoms with Crippen molar-refractivity contribution in [3.05, 3.63) is 53.6 Å². The highest BCUT2D eigenvalue weighted by Gasteiger charge is 2.22. The minimum atomic E-state index is -0.579. The first kappa shape index (κ1) is 25.9. The Bertz CT molecular complexity index is 830. The van der Waals surface area contributed by atoms with Crippen LogP contribution in [0.15, 0.2) is 41.4 Å². The number of likely N-dealkylation sites (N-methyl/N-ethyl adjacent to an activating group) is 1. The molecule has 0 bridgehead atoms. The summed E-state index contributed by atoms with van der Waals surface area (Å²) >= 11 is 0. The molecule has 9 heteroatoms. The molecule has 0 aliphatic heterocycles. The van der Waals surface area contributed by atoms with Gasteiger partial charge in [0.25, 0.3) is 0 Å². The van der Waals surface area contributed by atoms with Crippen LogP contribution in [0.3, 0.4) is 0 Å². The molecule has 0 aliphatic carbocycles. The van der Waals surface area contributed by atoms with Gasteiger partial charge in [0.15, 0.2) is 17.5 Å². The first-order valence-corrected chi connectivity index (χ1v) is 9.30. The molecular weight excluding hydrogens is 505 g/mol. The van der Waals surface area contributed by atoms with E-state index in [-0.39, 0.29) is 36.1 Å². The van der Waals surface area contributed by atoms with E-state index in [2.05, 4.69) is 15.6 Å². The molecule has 0 saturated carbocycles. The number of methoxy groups -OCH3 is 1. The average Bonchev–Trinajstić information content (AvgIpc) is 2.69. The Balaban J connectivity index is 0.00000450. The van der Waals surface area contributed by atoms with Crippen LogP contribution in [0.1, 0.15) is 18.5 Å². The molecule has 0 radical (unpaired) electrons. The summed E-state index contributed by atoms with van der Waals surface area (Å²) in [7, 11) is 6.74. The summed E-state index contributed by atoms with van der Waals surface area (Å²) < 4.78 is 39.3. The number of hydrogen-bond donors (Lipinski definition) is 2. The highest BCUT2D eigenvalue weighted by molar-refractivity contribution is 14.0.